The molecule has 0 fully saturated rings. The molecule has 2 aromatic carbocycles. The lowest BCUT2D eigenvalue weighted by Crippen LogP contribution is -2.30. The molecule has 0 saturated carbocycles. The lowest BCUT2D eigenvalue weighted by Gasteiger charge is -2.31. The Balaban J connectivity index is 1.63. The van der Waals surface area contributed by atoms with Crippen molar-refractivity contribution in [2.75, 3.05) is 16.4 Å². The van der Waals surface area contributed by atoms with Crippen LogP contribution in [0.1, 0.15) is 5.56 Å². The molecule has 28 heavy (non-hydrogen) atoms. The molecule has 0 spiro atoms. The van der Waals surface area contributed by atoms with Gasteiger partial charge < -0.3 is 5.73 Å². The Kier molecular flexibility index (Phi) is 5.13. The van der Waals surface area contributed by atoms with E-state index in [0.29, 0.717) is 10.2 Å². The van der Waals surface area contributed by atoms with Crippen molar-refractivity contribution in [3.8, 4) is 6.07 Å². The summed E-state index contributed by atoms with van der Waals surface area (Å²) in [5.74, 6) is 0.0770. The number of carbonyl (C=O) groups is 1. The molecule has 9 heteroatoms. The van der Waals surface area contributed by atoms with E-state index in [1.54, 1.807) is 22.7 Å². The molecule has 3 aromatic rings. The van der Waals surface area contributed by atoms with Crippen LogP contribution in [0.2, 0.25) is 5.02 Å². The number of benzene rings is 2. The molecule has 6 nitrogen and oxygen atoms in total. The first-order chi connectivity index (χ1) is 13.6. The Morgan fingerprint density at radius 1 is 1.25 bits per heavy atom. The van der Waals surface area contributed by atoms with E-state index >= 15 is 0 Å². The van der Waals surface area contributed by atoms with E-state index in [0.717, 1.165) is 21.2 Å². The van der Waals surface area contributed by atoms with Gasteiger partial charge >= 0.3 is 0 Å². The number of para-hydroxylation sites is 1. The van der Waals surface area contributed by atoms with Crippen LogP contribution < -0.4 is 10.6 Å². The number of hydrogen-bond donors (Lipinski definition) is 1. The second-order valence-corrected chi connectivity index (χ2v) is 8.23. The van der Waals surface area contributed by atoms with Crippen LogP contribution in [0, 0.1) is 11.3 Å². The first kappa shape index (κ1) is 18.6. The molecular formula is C19H12ClN5OS2. The van der Waals surface area contributed by atoms with Crippen LogP contribution in [0.3, 0.4) is 0 Å². The van der Waals surface area contributed by atoms with Gasteiger partial charge in [0.25, 0.3) is 0 Å². The molecule has 1 amide bonds. The van der Waals surface area contributed by atoms with Gasteiger partial charge in [-0.3, -0.25) is 9.69 Å². The maximum atomic E-state index is 13.1. The summed E-state index contributed by atoms with van der Waals surface area (Å²) >= 11 is 8.95. The predicted molar refractivity (Wildman–Crippen MR) is 111 cm³/mol. The Morgan fingerprint density at radius 3 is 2.82 bits per heavy atom. The summed E-state index contributed by atoms with van der Waals surface area (Å²) in [6, 6.07) is 15.2. The second kappa shape index (κ2) is 7.72. The average Bonchev–Trinajstić information content (AvgIpc) is 2.70. The third-order valence-corrected chi connectivity index (χ3v) is 6.19. The number of nitrogens with two attached hydrogens (primary N) is 1. The monoisotopic (exact) mass is 425 g/mol. The summed E-state index contributed by atoms with van der Waals surface area (Å²) in [5, 5.41) is 9.82. The summed E-state index contributed by atoms with van der Waals surface area (Å²) in [4.78, 5) is 24.9. The van der Waals surface area contributed by atoms with Crippen molar-refractivity contribution in [1.29, 1.82) is 5.26 Å². The molecule has 2 heterocycles. The zero-order valence-corrected chi connectivity index (χ0v) is 16.7. The van der Waals surface area contributed by atoms with Crippen LogP contribution in [0.5, 0.6) is 0 Å². The average molecular weight is 426 g/mol. The van der Waals surface area contributed by atoms with Crippen LogP contribution in [-0.2, 0) is 4.79 Å². The molecule has 0 unspecified atom stereocenters. The molecule has 0 radical (unpaired) electrons. The quantitative estimate of drug-likeness (QED) is 0.487. The largest absolute Gasteiger partial charge is 0.382 e. The number of amides is 1. The number of nitriles is 1. The summed E-state index contributed by atoms with van der Waals surface area (Å²) < 4.78 is 0. The van der Waals surface area contributed by atoms with Gasteiger partial charge in [0.05, 0.1) is 23.3 Å². The lowest BCUT2D eigenvalue weighted by atomic mass is 10.2. The topological polar surface area (TPSA) is 95.9 Å². The third kappa shape index (κ3) is 3.52. The van der Waals surface area contributed by atoms with Gasteiger partial charge in [-0.05, 0) is 30.3 Å². The van der Waals surface area contributed by atoms with Gasteiger partial charge in [-0.15, -0.1) is 0 Å². The van der Waals surface area contributed by atoms with Gasteiger partial charge in [-0.2, -0.15) is 5.26 Å². The van der Waals surface area contributed by atoms with Crippen molar-refractivity contribution in [2.45, 2.75) is 14.9 Å². The Hall–Kier alpha value is -2.73. The Labute approximate surface area is 174 Å². The minimum absolute atomic E-state index is 0.101. The van der Waals surface area contributed by atoms with E-state index in [4.69, 9.17) is 22.6 Å². The lowest BCUT2D eigenvalue weighted by molar-refractivity contribution is -0.115. The minimum atomic E-state index is -0.132. The van der Waals surface area contributed by atoms with Crippen molar-refractivity contribution >= 4 is 58.2 Å². The van der Waals surface area contributed by atoms with Gasteiger partial charge in [-0.1, -0.05) is 47.3 Å². The Bertz CT molecular complexity index is 1130. The van der Waals surface area contributed by atoms with Gasteiger partial charge in [0.1, 0.15) is 17.5 Å². The van der Waals surface area contributed by atoms with Crippen LogP contribution in [0.15, 0.2) is 63.6 Å². The molecule has 0 atom stereocenters. The van der Waals surface area contributed by atoms with Gasteiger partial charge in [0.2, 0.25) is 5.91 Å². The van der Waals surface area contributed by atoms with Crippen molar-refractivity contribution < 1.29 is 4.79 Å². The fourth-order valence-corrected chi connectivity index (χ4v) is 4.60. The SMILES string of the molecule is N#Cc1cnc(SCC(=O)N2c3ccccc3Sc3ccc(Cl)cc32)nc1N. The van der Waals surface area contributed by atoms with Gasteiger partial charge in [0.15, 0.2) is 5.16 Å². The highest BCUT2D eigenvalue weighted by Crippen LogP contribution is 2.48. The van der Waals surface area contributed by atoms with Crippen molar-refractivity contribution in [1.82, 2.24) is 9.97 Å². The van der Waals surface area contributed by atoms with E-state index in [1.165, 1.54) is 18.0 Å². The summed E-state index contributed by atoms with van der Waals surface area (Å²) in [7, 11) is 0. The molecule has 0 saturated heterocycles. The van der Waals surface area contributed by atoms with Crippen molar-refractivity contribution in [2.24, 2.45) is 0 Å². The number of fused-ring (bicyclic) bond motifs is 2. The maximum Gasteiger partial charge on any atom is 0.242 e. The van der Waals surface area contributed by atoms with E-state index in [2.05, 4.69) is 9.97 Å². The number of hydrogen-bond acceptors (Lipinski definition) is 7. The summed E-state index contributed by atoms with van der Waals surface area (Å²) in [5.41, 5.74) is 7.50. The van der Waals surface area contributed by atoms with Crippen LogP contribution in [-0.4, -0.2) is 21.6 Å². The molecule has 138 valence electrons. The Morgan fingerprint density at radius 2 is 2.04 bits per heavy atom. The fraction of sp³-hybridized carbons (Fsp3) is 0.0526. The van der Waals surface area contributed by atoms with Crippen molar-refractivity contribution in [3.05, 3.63) is 59.2 Å². The second-order valence-electron chi connectivity index (χ2n) is 5.76. The van der Waals surface area contributed by atoms with Crippen molar-refractivity contribution in [3.63, 3.8) is 0 Å². The number of anilines is 3. The molecule has 0 bridgehead atoms. The number of thioether (sulfide) groups is 1. The number of rotatable bonds is 3. The minimum Gasteiger partial charge on any atom is -0.382 e. The normalized spacial score (nSPS) is 12.1. The number of carbonyl (C=O) groups excluding carboxylic acids is 1. The van der Waals surface area contributed by atoms with Crippen LogP contribution in [0.25, 0.3) is 0 Å². The highest BCUT2D eigenvalue weighted by atomic mass is 35.5. The molecule has 4 rings (SSSR count). The number of nitrogen functional groups attached to an aromatic ring is 1. The molecule has 0 aliphatic carbocycles. The van der Waals surface area contributed by atoms with Gasteiger partial charge in [-0.25, -0.2) is 9.97 Å². The molecule has 1 aliphatic heterocycles. The summed E-state index contributed by atoms with van der Waals surface area (Å²) in [6.07, 6.45) is 1.36. The van der Waals surface area contributed by atoms with Crippen LogP contribution in [0.4, 0.5) is 17.2 Å². The predicted octanol–water partition coefficient (Wildman–Crippen LogP) is 4.51. The fourth-order valence-electron chi connectivity index (χ4n) is 2.72. The van der Waals surface area contributed by atoms with E-state index < -0.39 is 0 Å². The highest BCUT2D eigenvalue weighted by molar-refractivity contribution is 8.00. The maximum absolute atomic E-state index is 13.1. The molecular weight excluding hydrogens is 414 g/mol. The van der Waals surface area contributed by atoms with E-state index in [-0.39, 0.29) is 23.0 Å². The van der Waals surface area contributed by atoms with Crippen LogP contribution >= 0.6 is 35.1 Å². The zero-order valence-electron chi connectivity index (χ0n) is 14.3. The molecule has 2 N–H and O–H groups in total. The van der Waals surface area contributed by atoms with E-state index in [9.17, 15) is 4.79 Å². The number of nitrogens with zero attached hydrogens (tertiary/aromatic N) is 4. The number of aromatic nitrogens is 2. The highest BCUT2D eigenvalue weighted by Gasteiger charge is 2.28. The first-order valence-corrected chi connectivity index (χ1v) is 10.3. The van der Waals surface area contributed by atoms with Gasteiger partial charge in [0, 0.05) is 14.8 Å². The zero-order chi connectivity index (χ0) is 19.7. The van der Waals surface area contributed by atoms with E-state index in [1.807, 2.05) is 42.5 Å². The first-order valence-electron chi connectivity index (χ1n) is 8.11. The smallest absolute Gasteiger partial charge is 0.242 e. The number of halogens is 1. The standard InChI is InChI=1S/C19H12ClN5OS2/c20-12-5-6-16-14(7-12)25(13-3-1-2-4-15(13)28-16)17(26)10-27-19-23-9-11(8-21)18(22)24-19/h1-7,9H,10H2,(H2,22,23,24). The molecule has 1 aromatic heterocycles. The summed E-state index contributed by atoms with van der Waals surface area (Å²) in [6.45, 7) is 0. The third-order valence-electron chi connectivity index (χ3n) is 3.98. The molecule has 1 aliphatic rings.